The summed E-state index contributed by atoms with van der Waals surface area (Å²) in [7, 11) is 1.54. The fourth-order valence-electron chi connectivity index (χ4n) is 2.36. The number of hydrogen-bond donors (Lipinski definition) is 1. The highest BCUT2D eigenvalue weighted by Crippen LogP contribution is 2.29. The van der Waals surface area contributed by atoms with Crippen molar-refractivity contribution in [2.24, 2.45) is 0 Å². The molecule has 0 unspecified atom stereocenters. The summed E-state index contributed by atoms with van der Waals surface area (Å²) in [6, 6.07) is 9.38. The Morgan fingerprint density at radius 1 is 1.12 bits per heavy atom. The van der Waals surface area contributed by atoms with Crippen LogP contribution >= 0.6 is 0 Å². The summed E-state index contributed by atoms with van der Waals surface area (Å²) in [5, 5.41) is 2.77. The fourth-order valence-corrected chi connectivity index (χ4v) is 2.36. The molecule has 6 heteroatoms. The van der Waals surface area contributed by atoms with Crippen molar-refractivity contribution in [1.29, 1.82) is 0 Å². The molecule has 2 aromatic rings. The molecule has 0 aliphatic carbocycles. The molecule has 2 rings (SSSR count). The van der Waals surface area contributed by atoms with Crippen LogP contribution in [0.3, 0.4) is 0 Å². The maximum absolute atomic E-state index is 12.6. The lowest BCUT2D eigenvalue weighted by Gasteiger charge is -2.18. The minimum absolute atomic E-state index is 0.168. The van der Waals surface area contributed by atoms with E-state index >= 15 is 0 Å². The maximum Gasteiger partial charge on any atom is 0.416 e. The van der Waals surface area contributed by atoms with Gasteiger partial charge < -0.3 is 10.1 Å². The van der Waals surface area contributed by atoms with Gasteiger partial charge >= 0.3 is 6.18 Å². The van der Waals surface area contributed by atoms with Gasteiger partial charge in [0, 0.05) is 11.1 Å². The smallest absolute Gasteiger partial charge is 0.416 e. The van der Waals surface area contributed by atoms with E-state index in [1.807, 2.05) is 25.1 Å². The Morgan fingerprint density at radius 2 is 1.75 bits per heavy atom. The number of nitrogens with one attached hydrogen (secondary N) is 1. The maximum atomic E-state index is 12.6. The van der Waals surface area contributed by atoms with Crippen molar-refractivity contribution in [3.63, 3.8) is 0 Å². The highest BCUT2D eigenvalue weighted by Gasteiger charge is 2.30. The predicted molar refractivity (Wildman–Crippen MR) is 85.1 cm³/mol. The summed E-state index contributed by atoms with van der Waals surface area (Å²) in [6.07, 6.45) is -4.42. The summed E-state index contributed by atoms with van der Waals surface area (Å²) in [6.45, 7) is 3.71. The standard InChI is InChI=1S/C18H18F3NO2/c1-11-4-9-16(24-3)15(10-11)12(2)22-17(23)13-5-7-14(8-6-13)18(19,20)21/h4-10,12H,1-3H3,(H,22,23)/t12-/m0/s1. The van der Waals surface area contributed by atoms with Gasteiger partial charge in [-0.1, -0.05) is 17.7 Å². The molecule has 0 aliphatic heterocycles. The highest BCUT2D eigenvalue weighted by atomic mass is 19.4. The van der Waals surface area contributed by atoms with Gasteiger partial charge in [0.2, 0.25) is 0 Å². The van der Waals surface area contributed by atoms with Crippen LogP contribution in [0.2, 0.25) is 0 Å². The van der Waals surface area contributed by atoms with E-state index in [1.165, 1.54) is 12.1 Å². The molecule has 0 saturated heterocycles. The summed E-state index contributed by atoms with van der Waals surface area (Å²) in [4.78, 5) is 12.2. The quantitative estimate of drug-likeness (QED) is 0.891. The molecule has 0 bridgehead atoms. The molecule has 2 aromatic carbocycles. The number of aryl methyl sites for hydroxylation is 1. The minimum atomic E-state index is -4.42. The van der Waals surface area contributed by atoms with Crippen LogP contribution in [0.25, 0.3) is 0 Å². The molecule has 0 aromatic heterocycles. The molecule has 128 valence electrons. The van der Waals surface area contributed by atoms with Gasteiger partial charge in [0.05, 0.1) is 18.7 Å². The number of halogens is 3. The fraction of sp³-hybridized carbons (Fsp3) is 0.278. The Bertz CT molecular complexity index is 724. The minimum Gasteiger partial charge on any atom is -0.496 e. The number of hydrogen-bond acceptors (Lipinski definition) is 2. The average molecular weight is 337 g/mol. The first-order chi connectivity index (χ1) is 11.2. The zero-order valence-corrected chi connectivity index (χ0v) is 13.6. The Labute approximate surface area is 138 Å². The van der Waals surface area contributed by atoms with E-state index in [4.69, 9.17) is 4.74 Å². The van der Waals surface area contributed by atoms with E-state index in [2.05, 4.69) is 5.32 Å². The van der Waals surface area contributed by atoms with Gasteiger partial charge in [0.25, 0.3) is 5.91 Å². The molecule has 0 aliphatic rings. The number of carbonyl (C=O) groups excluding carboxylic acids is 1. The summed E-state index contributed by atoms with van der Waals surface area (Å²) >= 11 is 0. The van der Waals surface area contributed by atoms with Crippen LogP contribution in [0.1, 0.15) is 40.0 Å². The van der Waals surface area contributed by atoms with Crippen molar-refractivity contribution < 1.29 is 22.7 Å². The summed E-state index contributed by atoms with van der Waals surface area (Å²) in [5.41, 5.74) is 1.20. The van der Waals surface area contributed by atoms with Gasteiger partial charge in [0.1, 0.15) is 5.75 Å². The average Bonchev–Trinajstić information content (AvgIpc) is 2.54. The Balaban J connectivity index is 2.16. The lowest BCUT2D eigenvalue weighted by Crippen LogP contribution is -2.27. The SMILES string of the molecule is COc1ccc(C)cc1[C@H](C)NC(=O)c1ccc(C(F)(F)F)cc1. The summed E-state index contributed by atoms with van der Waals surface area (Å²) in [5.74, 6) is 0.195. The van der Waals surface area contributed by atoms with E-state index in [0.29, 0.717) is 5.75 Å². The number of amides is 1. The molecule has 0 heterocycles. The number of benzene rings is 2. The van der Waals surface area contributed by atoms with Crippen LogP contribution in [-0.2, 0) is 6.18 Å². The molecular formula is C18H18F3NO2. The van der Waals surface area contributed by atoms with Crippen LogP contribution in [0.15, 0.2) is 42.5 Å². The van der Waals surface area contributed by atoms with Gasteiger partial charge in [-0.15, -0.1) is 0 Å². The van der Waals surface area contributed by atoms with Crippen LogP contribution < -0.4 is 10.1 Å². The molecule has 24 heavy (non-hydrogen) atoms. The van der Waals surface area contributed by atoms with Gasteiger partial charge in [0.15, 0.2) is 0 Å². The van der Waals surface area contributed by atoms with E-state index in [-0.39, 0.29) is 11.6 Å². The van der Waals surface area contributed by atoms with Crippen LogP contribution in [0, 0.1) is 6.92 Å². The Kier molecular flexibility index (Phi) is 5.17. The third-order valence-corrected chi connectivity index (χ3v) is 3.67. The van der Waals surface area contributed by atoms with Gasteiger partial charge in [-0.25, -0.2) is 0 Å². The Morgan fingerprint density at radius 3 is 2.29 bits per heavy atom. The second-order valence-electron chi connectivity index (χ2n) is 5.52. The molecule has 1 atom stereocenters. The van der Waals surface area contributed by atoms with Gasteiger partial charge in [-0.3, -0.25) is 4.79 Å². The first kappa shape index (κ1) is 17.8. The third-order valence-electron chi connectivity index (χ3n) is 3.67. The zero-order valence-electron chi connectivity index (χ0n) is 13.6. The number of ether oxygens (including phenoxy) is 1. The predicted octanol–water partition coefficient (Wildman–Crippen LogP) is 4.51. The monoisotopic (exact) mass is 337 g/mol. The first-order valence-electron chi connectivity index (χ1n) is 7.35. The van der Waals surface area contributed by atoms with Crippen LogP contribution in [0.5, 0.6) is 5.75 Å². The van der Waals surface area contributed by atoms with E-state index in [1.54, 1.807) is 14.0 Å². The lowest BCUT2D eigenvalue weighted by molar-refractivity contribution is -0.137. The lowest BCUT2D eigenvalue weighted by atomic mass is 10.0. The molecule has 0 fully saturated rings. The second kappa shape index (κ2) is 6.95. The van der Waals surface area contributed by atoms with Crippen molar-refractivity contribution in [2.45, 2.75) is 26.1 Å². The van der Waals surface area contributed by atoms with Crippen molar-refractivity contribution in [1.82, 2.24) is 5.32 Å². The number of alkyl halides is 3. The van der Waals surface area contributed by atoms with Crippen LogP contribution in [-0.4, -0.2) is 13.0 Å². The largest absolute Gasteiger partial charge is 0.496 e. The zero-order chi connectivity index (χ0) is 17.9. The molecule has 0 saturated carbocycles. The summed E-state index contributed by atoms with van der Waals surface area (Å²) < 4.78 is 43.0. The van der Waals surface area contributed by atoms with Crippen molar-refractivity contribution in [3.05, 3.63) is 64.7 Å². The van der Waals surface area contributed by atoms with E-state index in [9.17, 15) is 18.0 Å². The highest BCUT2D eigenvalue weighted by molar-refractivity contribution is 5.94. The van der Waals surface area contributed by atoms with Gasteiger partial charge in [-0.05, 0) is 44.2 Å². The number of methoxy groups -OCH3 is 1. The molecule has 1 amide bonds. The molecule has 1 N–H and O–H groups in total. The Hall–Kier alpha value is -2.50. The second-order valence-corrected chi connectivity index (χ2v) is 5.52. The van der Waals surface area contributed by atoms with Crippen molar-refractivity contribution in [3.8, 4) is 5.75 Å². The first-order valence-corrected chi connectivity index (χ1v) is 7.35. The van der Waals surface area contributed by atoms with E-state index in [0.717, 1.165) is 23.3 Å². The molecule has 0 spiro atoms. The third kappa shape index (κ3) is 4.07. The normalized spacial score (nSPS) is 12.6. The molecular weight excluding hydrogens is 319 g/mol. The number of rotatable bonds is 4. The number of carbonyl (C=O) groups is 1. The van der Waals surface area contributed by atoms with Crippen molar-refractivity contribution in [2.75, 3.05) is 7.11 Å². The van der Waals surface area contributed by atoms with Crippen molar-refractivity contribution >= 4 is 5.91 Å². The van der Waals surface area contributed by atoms with Gasteiger partial charge in [-0.2, -0.15) is 13.2 Å². The van der Waals surface area contributed by atoms with Crippen LogP contribution in [0.4, 0.5) is 13.2 Å². The molecule has 0 radical (unpaired) electrons. The topological polar surface area (TPSA) is 38.3 Å². The molecule has 3 nitrogen and oxygen atoms in total. The van der Waals surface area contributed by atoms with E-state index < -0.39 is 17.6 Å².